The Morgan fingerprint density at radius 2 is 2.33 bits per heavy atom. The SMILES string of the molecule is Cc1ccc(F)c(CN(C)CC2CNCCO2)c1. The molecule has 0 bridgehead atoms. The maximum Gasteiger partial charge on any atom is 0.127 e. The summed E-state index contributed by atoms with van der Waals surface area (Å²) in [6.45, 7) is 5.98. The first-order chi connectivity index (χ1) is 8.65. The minimum absolute atomic E-state index is 0.130. The highest BCUT2D eigenvalue weighted by molar-refractivity contribution is 5.23. The molecule has 0 amide bonds. The van der Waals surface area contributed by atoms with E-state index in [1.54, 1.807) is 6.07 Å². The van der Waals surface area contributed by atoms with E-state index in [0.29, 0.717) is 6.54 Å². The van der Waals surface area contributed by atoms with Crippen LogP contribution in [0.2, 0.25) is 0 Å². The van der Waals surface area contributed by atoms with Crippen molar-refractivity contribution in [3.05, 3.63) is 35.1 Å². The fourth-order valence-electron chi connectivity index (χ4n) is 2.26. The number of ether oxygens (including phenoxy) is 1. The van der Waals surface area contributed by atoms with Gasteiger partial charge in [-0.05, 0) is 20.0 Å². The van der Waals surface area contributed by atoms with Crippen molar-refractivity contribution in [2.24, 2.45) is 0 Å². The summed E-state index contributed by atoms with van der Waals surface area (Å²) in [5.41, 5.74) is 1.84. The van der Waals surface area contributed by atoms with E-state index in [9.17, 15) is 4.39 Å². The zero-order valence-corrected chi connectivity index (χ0v) is 11.1. The van der Waals surface area contributed by atoms with Crippen LogP contribution in [0.4, 0.5) is 4.39 Å². The van der Waals surface area contributed by atoms with Crippen molar-refractivity contribution >= 4 is 0 Å². The van der Waals surface area contributed by atoms with E-state index < -0.39 is 0 Å². The van der Waals surface area contributed by atoms with Gasteiger partial charge in [0.2, 0.25) is 0 Å². The first kappa shape index (κ1) is 13.5. The predicted molar refractivity (Wildman–Crippen MR) is 70.1 cm³/mol. The van der Waals surface area contributed by atoms with Gasteiger partial charge in [0.1, 0.15) is 5.82 Å². The smallest absolute Gasteiger partial charge is 0.127 e. The maximum absolute atomic E-state index is 13.6. The van der Waals surface area contributed by atoms with Crippen LogP contribution in [0.3, 0.4) is 0 Å². The first-order valence-electron chi connectivity index (χ1n) is 6.41. The molecular weight excluding hydrogens is 231 g/mol. The summed E-state index contributed by atoms with van der Waals surface area (Å²) >= 11 is 0. The van der Waals surface area contributed by atoms with Crippen molar-refractivity contribution in [1.29, 1.82) is 0 Å². The first-order valence-corrected chi connectivity index (χ1v) is 6.41. The van der Waals surface area contributed by atoms with E-state index in [1.165, 1.54) is 6.07 Å². The number of likely N-dealkylation sites (N-methyl/N-ethyl adjacent to an activating group) is 1. The van der Waals surface area contributed by atoms with Crippen molar-refractivity contribution in [1.82, 2.24) is 10.2 Å². The zero-order valence-electron chi connectivity index (χ0n) is 11.1. The lowest BCUT2D eigenvalue weighted by Gasteiger charge is -2.28. The lowest BCUT2D eigenvalue weighted by molar-refractivity contribution is 0.00870. The van der Waals surface area contributed by atoms with Gasteiger partial charge in [-0.1, -0.05) is 17.7 Å². The number of benzene rings is 1. The highest BCUT2D eigenvalue weighted by Crippen LogP contribution is 2.12. The number of halogens is 1. The average Bonchev–Trinajstić information content (AvgIpc) is 2.35. The van der Waals surface area contributed by atoms with Gasteiger partial charge in [-0.15, -0.1) is 0 Å². The molecule has 100 valence electrons. The third-order valence-corrected chi connectivity index (χ3v) is 3.16. The van der Waals surface area contributed by atoms with Gasteiger partial charge in [0.25, 0.3) is 0 Å². The molecule has 1 N–H and O–H groups in total. The topological polar surface area (TPSA) is 24.5 Å². The van der Waals surface area contributed by atoms with E-state index in [0.717, 1.165) is 37.4 Å². The number of rotatable bonds is 4. The Balaban J connectivity index is 1.89. The minimum Gasteiger partial charge on any atom is -0.374 e. The molecule has 1 aliphatic heterocycles. The van der Waals surface area contributed by atoms with Crippen molar-refractivity contribution in [2.45, 2.75) is 19.6 Å². The Kier molecular flexibility index (Phi) is 4.69. The van der Waals surface area contributed by atoms with Crippen molar-refractivity contribution in [3.8, 4) is 0 Å². The Morgan fingerprint density at radius 1 is 1.50 bits per heavy atom. The second-order valence-electron chi connectivity index (χ2n) is 4.99. The van der Waals surface area contributed by atoms with E-state index in [4.69, 9.17) is 4.74 Å². The van der Waals surface area contributed by atoms with Crippen LogP contribution in [-0.4, -0.2) is 44.3 Å². The molecule has 0 radical (unpaired) electrons. The molecule has 1 heterocycles. The fourth-order valence-corrected chi connectivity index (χ4v) is 2.26. The van der Waals surface area contributed by atoms with Crippen LogP contribution in [0, 0.1) is 12.7 Å². The molecule has 3 nitrogen and oxygen atoms in total. The second kappa shape index (κ2) is 6.27. The van der Waals surface area contributed by atoms with Gasteiger partial charge < -0.3 is 10.1 Å². The van der Waals surface area contributed by atoms with Crippen LogP contribution < -0.4 is 5.32 Å². The summed E-state index contributed by atoms with van der Waals surface area (Å²) < 4.78 is 19.3. The summed E-state index contributed by atoms with van der Waals surface area (Å²) in [6, 6.07) is 5.25. The van der Waals surface area contributed by atoms with Crippen LogP contribution in [0.15, 0.2) is 18.2 Å². The van der Waals surface area contributed by atoms with Gasteiger partial charge in [0.15, 0.2) is 0 Å². The second-order valence-corrected chi connectivity index (χ2v) is 4.99. The number of nitrogens with zero attached hydrogens (tertiary/aromatic N) is 1. The molecule has 1 fully saturated rings. The highest BCUT2D eigenvalue weighted by atomic mass is 19.1. The number of hydrogen-bond donors (Lipinski definition) is 1. The van der Waals surface area contributed by atoms with E-state index in [-0.39, 0.29) is 11.9 Å². The van der Waals surface area contributed by atoms with Crippen molar-refractivity contribution < 1.29 is 9.13 Å². The van der Waals surface area contributed by atoms with Gasteiger partial charge in [0, 0.05) is 31.7 Å². The molecule has 1 aromatic carbocycles. The number of aryl methyl sites for hydroxylation is 1. The van der Waals surface area contributed by atoms with Crippen LogP contribution in [0.25, 0.3) is 0 Å². The standard InChI is InChI=1S/C14H21FN2O/c1-11-3-4-14(15)12(7-11)9-17(2)10-13-8-16-5-6-18-13/h3-4,7,13,16H,5-6,8-10H2,1-2H3. The summed E-state index contributed by atoms with van der Waals surface area (Å²) in [5.74, 6) is -0.130. The van der Waals surface area contributed by atoms with Crippen LogP contribution >= 0.6 is 0 Å². The third kappa shape index (κ3) is 3.77. The Labute approximate surface area is 108 Å². The molecular formula is C14H21FN2O. The average molecular weight is 252 g/mol. The Morgan fingerprint density at radius 3 is 3.06 bits per heavy atom. The molecule has 1 aliphatic rings. The molecule has 1 atom stereocenters. The molecule has 0 saturated carbocycles. The molecule has 2 rings (SSSR count). The normalized spacial score (nSPS) is 20.3. The largest absolute Gasteiger partial charge is 0.374 e. The van der Waals surface area contributed by atoms with E-state index in [2.05, 4.69) is 10.2 Å². The summed E-state index contributed by atoms with van der Waals surface area (Å²) in [5, 5.41) is 3.30. The summed E-state index contributed by atoms with van der Waals surface area (Å²) in [7, 11) is 2.00. The van der Waals surface area contributed by atoms with Gasteiger partial charge in [-0.3, -0.25) is 4.90 Å². The highest BCUT2D eigenvalue weighted by Gasteiger charge is 2.16. The molecule has 1 aromatic rings. The van der Waals surface area contributed by atoms with Gasteiger partial charge in [-0.25, -0.2) is 4.39 Å². The van der Waals surface area contributed by atoms with Crippen LogP contribution in [0.5, 0.6) is 0 Å². The number of morpholine rings is 1. The van der Waals surface area contributed by atoms with Gasteiger partial charge in [-0.2, -0.15) is 0 Å². The fraction of sp³-hybridized carbons (Fsp3) is 0.571. The van der Waals surface area contributed by atoms with Gasteiger partial charge in [0.05, 0.1) is 12.7 Å². The lowest BCUT2D eigenvalue weighted by Crippen LogP contribution is -2.44. The van der Waals surface area contributed by atoms with Crippen molar-refractivity contribution in [3.63, 3.8) is 0 Å². The van der Waals surface area contributed by atoms with E-state index >= 15 is 0 Å². The molecule has 1 unspecified atom stereocenters. The molecule has 0 aromatic heterocycles. The Bertz CT molecular complexity index is 391. The zero-order chi connectivity index (χ0) is 13.0. The monoisotopic (exact) mass is 252 g/mol. The minimum atomic E-state index is -0.130. The third-order valence-electron chi connectivity index (χ3n) is 3.16. The maximum atomic E-state index is 13.6. The Hall–Kier alpha value is -0.970. The number of nitrogens with one attached hydrogen (secondary N) is 1. The lowest BCUT2D eigenvalue weighted by atomic mass is 10.1. The van der Waals surface area contributed by atoms with Gasteiger partial charge >= 0.3 is 0 Å². The van der Waals surface area contributed by atoms with Crippen LogP contribution in [0.1, 0.15) is 11.1 Å². The molecule has 4 heteroatoms. The number of hydrogen-bond acceptors (Lipinski definition) is 3. The summed E-state index contributed by atoms with van der Waals surface area (Å²) in [4.78, 5) is 2.11. The molecule has 1 saturated heterocycles. The molecule has 0 aliphatic carbocycles. The quantitative estimate of drug-likeness (QED) is 0.880. The van der Waals surface area contributed by atoms with E-state index in [1.807, 2.05) is 20.0 Å². The summed E-state index contributed by atoms with van der Waals surface area (Å²) in [6.07, 6.45) is 0.205. The van der Waals surface area contributed by atoms with Crippen molar-refractivity contribution in [2.75, 3.05) is 33.3 Å². The van der Waals surface area contributed by atoms with Crippen LogP contribution in [-0.2, 0) is 11.3 Å². The predicted octanol–water partition coefficient (Wildman–Crippen LogP) is 1.55. The molecule has 18 heavy (non-hydrogen) atoms. The molecule has 0 spiro atoms.